The van der Waals surface area contributed by atoms with Crippen LogP contribution in [0, 0.1) is 6.92 Å². The number of allylic oxidation sites excluding steroid dienone is 1. The monoisotopic (exact) mass is 449 g/mol. The lowest BCUT2D eigenvalue weighted by atomic mass is 9.93. The van der Waals surface area contributed by atoms with E-state index in [0.29, 0.717) is 23.2 Å². The summed E-state index contributed by atoms with van der Waals surface area (Å²) in [7, 11) is 1.41. The molecule has 7 heteroatoms. The zero-order chi connectivity index (χ0) is 22.7. The largest absolute Gasteiger partial charge is 0.466 e. The van der Waals surface area contributed by atoms with Gasteiger partial charge in [-0.25, -0.2) is 9.79 Å². The summed E-state index contributed by atoms with van der Waals surface area (Å²) in [6, 6.07) is 14.9. The summed E-state index contributed by atoms with van der Waals surface area (Å²) in [5.41, 5.74) is 4.50. The van der Waals surface area contributed by atoms with Gasteiger partial charge in [-0.3, -0.25) is 4.79 Å². The van der Waals surface area contributed by atoms with Crippen LogP contribution in [0.2, 0.25) is 0 Å². The maximum absolute atomic E-state index is 12.8. The first-order valence-corrected chi connectivity index (χ1v) is 11.8. The van der Waals surface area contributed by atoms with E-state index in [-0.39, 0.29) is 17.9 Å². The van der Waals surface area contributed by atoms with Crippen molar-refractivity contribution in [1.29, 1.82) is 0 Å². The van der Waals surface area contributed by atoms with Crippen molar-refractivity contribution in [1.82, 2.24) is 4.90 Å². The van der Waals surface area contributed by atoms with Crippen LogP contribution in [0.1, 0.15) is 47.3 Å². The Morgan fingerprint density at radius 3 is 2.78 bits per heavy atom. The summed E-state index contributed by atoms with van der Waals surface area (Å²) < 4.78 is 5.15. The number of carbonyl (C=O) groups excluding carboxylic acids is 2. The SMILES string of the molecule is CCC1=C(C(=O)OC)C(c2cccc(NC(=O)c3ccccc3C)c2)N2CCCSC2=N1. The van der Waals surface area contributed by atoms with Crippen LogP contribution in [-0.4, -0.2) is 41.4 Å². The van der Waals surface area contributed by atoms with E-state index < -0.39 is 0 Å². The molecule has 0 bridgehead atoms. The van der Waals surface area contributed by atoms with E-state index in [1.54, 1.807) is 11.8 Å². The van der Waals surface area contributed by atoms with Gasteiger partial charge in [0, 0.05) is 23.5 Å². The van der Waals surface area contributed by atoms with Crippen molar-refractivity contribution in [3.8, 4) is 0 Å². The molecule has 2 aliphatic heterocycles. The summed E-state index contributed by atoms with van der Waals surface area (Å²) in [4.78, 5) is 32.6. The van der Waals surface area contributed by atoms with Gasteiger partial charge in [0.25, 0.3) is 5.91 Å². The maximum atomic E-state index is 12.8. The number of amides is 1. The molecule has 0 aromatic heterocycles. The molecular formula is C25H27N3O3S. The van der Waals surface area contributed by atoms with Gasteiger partial charge in [0.1, 0.15) is 0 Å². The van der Waals surface area contributed by atoms with Gasteiger partial charge in [-0.05, 0) is 49.1 Å². The number of anilines is 1. The van der Waals surface area contributed by atoms with Gasteiger partial charge in [0.2, 0.25) is 0 Å². The number of hydrogen-bond acceptors (Lipinski definition) is 6. The van der Waals surface area contributed by atoms with Gasteiger partial charge in [-0.1, -0.05) is 49.0 Å². The fourth-order valence-electron chi connectivity index (χ4n) is 4.17. The fourth-order valence-corrected chi connectivity index (χ4v) is 5.16. The number of rotatable bonds is 5. The zero-order valence-corrected chi connectivity index (χ0v) is 19.4. The number of ether oxygens (including phenoxy) is 1. The Labute approximate surface area is 192 Å². The number of fused-ring (bicyclic) bond motifs is 1. The van der Waals surface area contributed by atoms with Crippen LogP contribution >= 0.6 is 11.8 Å². The lowest BCUT2D eigenvalue weighted by molar-refractivity contribution is -0.137. The quantitative estimate of drug-likeness (QED) is 0.655. The molecule has 1 amide bonds. The van der Waals surface area contributed by atoms with Gasteiger partial charge in [-0.2, -0.15) is 0 Å². The Kier molecular flexibility index (Phi) is 6.65. The summed E-state index contributed by atoms with van der Waals surface area (Å²) in [5.74, 6) is 0.497. The number of aryl methyl sites for hydroxylation is 1. The van der Waals surface area contributed by atoms with E-state index >= 15 is 0 Å². The molecule has 0 radical (unpaired) electrons. The van der Waals surface area contributed by atoms with Crippen molar-refractivity contribution in [2.75, 3.05) is 24.7 Å². The van der Waals surface area contributed by atoms with Crippen LogP contribution in [0.25, 0.3) is 0 Å². The minimum absolute atomic E-state index is 0.155. The van der Waals surface area contributed by atoms with Gasteiger partial charge < -0.3 is 15.0 Å². The van der Waals surface area contributed by atoms with E-state index in [9.17, 15) is 9.59 Å². The smallest absolute Gasteiger partial charge is 0.338 e. The topological polar surface area (TPSA) is 71.0 Å². The molecule has 2 aromatic carbocycles. The Hall–Kier alpha value is -3.06. The third kappa shape index (κ3) is 4.30. The third-order valence-corrected chi connectivity index (χ3v) is 6.81. The molecule has 4 rings (SSSR count). The predicted molar refractivity (Wildman–Crippen MR) is 129 cm³/mol. The van der Waals surface area contributed by atoms with Crippen LogP contribution in [-0.2, 0) is 9.53 Å². The van der Waals surface area contributed by atoms with Crippen molar-refractivity contribution in [3.05, 3.63) is 76.5 Å². The maximum Gasteiger partial charge on any atom is 0.338 e. The predicted octanol–water partition coefficient (Wildman–Crippen LogP) is 4.93. The average molecular weight is 450 g/mol. The van der Waals surface area contributed by atoms with Crippen molar-refractivity contribution in [2.24, 2.45) is 4.99 Å². The van der Waals surface area contributed by atoms with Crippen LogP contribution in [0.15, 0.2) is 64.8 Å². The highest BCUT2D eigenvalue weighted by molar-refractivity contribution is 8.13. The first kappa shape index (κ1) is 22.1. The molecule has 2 aliphatic rings. The summed E-state index contributed by atoms with van der Waals surface area (Å²) >= 11 is 1.72. The third-order valence-electron chi connectivity index (χ3n) is 5.74. The normalized spacial score (nSPS) is 18.0. The number of carbonyl (C=O) groups is 2. The lowest BCUT2D eigenvalue weighted by Gasteiger charge is -2.40. The van der Waals surface area contributed by atoms with Crippen molar-refractivity contribution < 1.29 is 14.3 Å². The molecule has 0 spiro atoms. The minimum atomic E-state index is -0.362. The van der Waals surface area contributed by atoms with E-state index in [1.165, 1.54) is 7.11 Å². The van der Waals surface area contributed by atoms with Crippen LogP contribution < -0.4 is 5.32 Å². The van der Waals surface area contributed by atoms with Gasteiger partial charge in [0.15, 0.2) is 5.17 Å². The molecule has 0 aliphatic carbocycles. The average Bonchev–Trinajstić information content (AvgIpc) is 2.82. The molecule has 32 heavy (non-hydrogen) atoms. The van der Waals surface area contributed by atoms with Crippen LogP contribution in [0.3, 0.4) is 0 Å². The molecule has 1 unspecified atom stereocenters. The first-order valence-electron chi connectivity index (χ1n) is 10.8. The second-order valence-electron chi connectivity index (χ2n) is 7.79. The molecule has 1 atom stereocenters. The number of esters is 1. The lowest BCUT2D eigenvalue weighted by Crippen LogP contribution is -2.42. The van der Waals surface area contributed by atoms with Crippen molar-refractivity contribution >= 4 is 34.5 Å². The Morgan fingerprint density at radius 2 is 2.03 bits per heavy atom. The zero-order valence-electron chi connectivity index (χ0n) is 18.6. The number of nitrogens with zero attached hydrogens (tertiary/aromatic N) is 2. The molecule has 6 nitrogen and oxygen atoms in total. The molecule has 166 valence electrons. The Morgan fingerprint density at radius 1 is 1.22 bits per heavy atom. The number of aliphatic imine (C=N–C) groups is 1. The number of thioether (sulfide) groups is 1. The van der Waals surface area contributed by atoms with E-state index in [2.05, 4.69) is 10.2 Å². The molecule has 1 fully saturated rings. The standard InChI is InChI=1S/C25H27N3O3S/c1-4-20-21(24(30)31-3)22(28-13-8-14-32-25(28)27-20)17-10-7-11-18(15-17)26-23(29)19-12-6-5-9-16(19)2/h5-7,9-12,15,22H,4,8,13-14H2,1-3H3,(H,26,29). The first-order chi connectivity index (χ1) is 15.5. The van der Waals surface area contributed by atoms with Gasteiger partial charge in [-0.15, -0.1) is 0 Å². The van der Waals surface area contributed by atoms with Crippen LogP contribution in [0.4, 0.5) is 5.69 Å². The Bertz CT molecular complexity index is 1110. The van der Waals surface area contributed by atoms with Crippen molar-refractivity contribution in [3.63, 3.8) is 0 Å². The molecule has 1 saturated heterocycles. The highest BCUT2D eigenvalue weighted by Gasteiger charge is 2.38. The number of amidine groups is 1. The summed E-state index contributed by atoms with van der Waals surface area (Å²) in [5, 5.41) is 3.95. The summed E-state index contributed by atoms with van der Waals surface area (Å²) in [6.07, 6.45) is 1.66. The highest BCUT2D eigenvalue weighted by Crippen LogP contribution is 2.41. The number of benzene rings is 2. The number of hydrogen-bond donors (Lipinski definition) is 1. The van der Waals surface area contributed by atoms with E-state index in [4.69, 9.17) is 9.73 Å². The number of methoxy groups -OCH3 is 1. The molecule has 2 heterocycles. The second-order valence-corrected chi connectivity index (χ2v) is 8.85. The Balaban J connectivity index is 1.72. The molecule has 2 aromatic rings. The summed E-state index contributed by atoms with van der Waals surface area (Å²) in [6.45, 7) is 4.73. The van der Waals surface area contributed by atoms with E-state index in [1.807, 2.05) is 62.4 Å². The highest BCUT2D eigenvalue weighted by atomic mass is 32.2. The fraction of sp³-hybridized carbons (Fsp3) is 0.320. The molecular weight excluding hydrogens is 422 g/mol. The van der Waals surface area contributed by atoms with E-state index in [0.717, 1.165) is 40.7 Å². The molecule has 0 saturated carbocycles. The molecule has 1 N–H and O–H groups in total. The second kappa shape index (κ2) is 9.61. The minimum Gasteiger partial charge on any atom is -0.466 e. The van der Waals surface area contributed by atoms with Crippen LogP contribution in [0.5, 0.6) is 0 Å². The van der Waals surface area contributed by atoms with Gasteiger partial charge >= 0.3 is 5.97 Å². The van der Waals surface area contributed by atoms with Gasteiger partial charge in [0.05, 0.1) is 24.4 Å². The van der Waals surface area contributed by atoms with Crippen molar-refractivity contribution in [2.45, 2.75) is 32.7 Å². The number of nitrogens with one attached hydrogen (secondary N) is 1.